The van der Waals surface area contributed by atoms with E-state index >= 15 is 0 Å². The molecule has 1 aromatic rings. The average molecular weight is 251 g/mol. The number of thiol groups is 1. The highest BCUT2D eigenvalue weighted by molar-refractivity contribution is 7.80. The van der Waals surface area contributed by atoms with Gasteiger partial charge in [-0.25, -0.2) is 9.97 Å². The minimum Gasteiger partial charge on any atom is -0.350 e. The van der Waals surface area contributed by atoms with E-state index in [1.807, 2.05) is 13.0 Å². The highest BCUT2D eigenvalue weighted by Gasteiger charge is 2.42. The summed E-state index contributed by atoms with van der Waals surface area (Å²) in [6.07, 6.45) is 4.54. The maximum atomic E-state index is 11.7. The molecule has 4 nitrogen and oxygen atoms in total. The van der Waals surface area contributed by atoms with Crippen molar-refractivity contribution in [1.29, 1.82) is 0 Å². The predicted octanol–water partition coefficient (Wildman–Crippen LogP) is 1.50. The summed E-state index contributed by atoms with van der Waals surface area (Å²) in [5.41, 5.74) is 1.02. The number of amides is 1. The summed E-state index contributed by atoms with van der Waals surface area (Å²) in [4.78, 5) is 20.0. The molecule has 1 saturated carbocycles. The highest BCUT2D eigenvalue weighted by Crippen LogP contribution is 2.49. The number of nitrogens with one attached hydrogen (secondary N) is 1. The van der Waals surface area contributed by atoms with E-state index in [4.69, 9.17) is 0 Å². The molecular formula is C12H17N3OS. The van der Waals surface area contributed by atoms with Gasteiger partial charge in [0.05, 0.1) is 12.2 Å². The minimum absolute atomic E-state index is 0.0906. The van der Waals surface area contributed by atoms with Gasteiger partial charge in [-0.05, 0) is 37.0 Å². The van der Waals surface area contributed by atoms with Gasteiger partial charge in [-0.2, -0.15) is 12.6 Å². The largest absolute Gasteiger partial charge is 0.350 e. The van der Waals surface area contributed by atoms with E-state index in [1.54, 1.807) is 6.20 Å². The zero-order valence-electron chi connectivity index (χ0n) is 9.94. The molecule has 1 aliphatic carbocycles. The number of nitrogens with zero attached hydrogens (tertiary/aromatic N) is 2. The van der Waals surface area contributed by atoms with Crippen molar-refractivity contribution in [2.24, 2.45) is 5.41 Å². The van der Waals surface area contributed by atoms with Gasteiger partial charge in [0.15, 0.2) is 0 Å². The van der Waals surface area contributed by atoms with Crippen molar-refractivity contribution >= 4 is 18.5 Å². The van der Waals surface area contributed by atoms with Gasteiger partial charge in [0.1, 0.15) is 5.82 Å². The number of carbonyl (C=O) groups excluding carboxylic acids is 1. The van der Waals surface area contributed by atoms with Crippen LogP contribution in [-0.4, -0.2) is 21.6 Å². The lowest BCUT2D eigenvalue weighted by Gasteiger charge is -2.11. The number of aryl methyl sites for hydroxylation is 1. The SMILES string of the molecule is Cc1nccc(CNC(=O)CC2(CS)CC2)n1. The molecule has 0 radical (unpaired) electrons. The third-order valence-electron chi connectivity index (χ3n) is 3.13. The van der Waals surface area contributed by atoms with Crippen molar-refractivity contribution in [1.82, 2.24) is 15.3 Å². The van der Waals surface area contributed by atoms with Crippen molar-refractivity contribution < 1.29 is 4.79 Å². The van der Waals surface area contributed by atoms with Crippen LogP contribution in [0.4, 0.5) is 0 Å². The van der Waals surface area contributed by atoms with Gasteiger partial charge in [-0.1, -0.05) is 0 Å². The second kappa shape index (κ2) is 5.04. The monoisotopic (exact) mass is 251 g/mol. The number of hydrogen-bond donors (Lipinski definition) is 2. The molecule has 0 spiro atoms. The molecule has 92 valence electrons. The fourth-order valence-corrected chi connectivity index (χ4v) is 2.19. The molecule has 0 bridgehead atoms. The molecule has 0 aliphatic heterocycles. The van der Waals surface area contributed by atoms with Crippen LogP contribution in [0.1, 0.15) is 30.8 Å². The molecule has 0 atom stereocenters. The van der Waals surface area contributed by atoms with E-state index in [1.165, 1.54) is 0 Å². The number of rotatable bonds is 5. The zero-order chi connectivity index (χ0) is 12.3. The van der Waals surface area contributed by atoms with Gasteiger partial charge in [-0.3, -0.25) is 4.79 Å². The second-order valence-electron chi connectivity index (χ2n) is 4.71. The van der Waals surface area contributed by atoms with Crippen LogP contribution in [0.2, 0.25) is 0 Å². The molecule has 0 unspecified atom stereocenters. The lowest BCUT2D eigenvalue weighted by Crippen LogP contribution is -2.26. The van der Waals surface area contributed by atoms with Crippen molar-refractivity contribution in [3.63, 3.8) is 0 Å². The summed E-state index contributed by atoms with van der Waals surface area (Å²) in [6, 6.07) is 1.82. The van der Waals surface area contributed by atoms with Gasteiger partial charge in [0.25, 0.3) is 0 Å². The third kappa shape index (κ3) is 3.43. The van der Waals surface area contributed by atoms with Crippen molar-refractivity contribution in [2.75, 3.05) is 5.75 Å². The number of aromatic nitrogens is 2. The zero-order valence-corrected chi connectivity index (χ0v) is 10.8. The van der Waals surface area contributed by atoms with Gasteiger partial charge in [0, 0.05) is 12.6 Å². The third-order valence-corrected chi connectivity index (χ3v) is 3.80. The minimum atomic E-state index is 0.0906. The Bertz CT molecular complexity index is 418. The first kappa shape index (κ1) is 12.4. The number of carbonyl (C=O) groups is 1. The van der Waals surface area contributed by atoms with Crippen LogP contribution in [0.15, 0.2) is 12.3 Å². The molecule has 17 heavy (non-hydrogen) atoms. The Morgan fingerprint density at radius 1 is 1.59 bits per heavy atom. The Morgan fingerprint density at radius 2 is 2.35 bits per heavy atom. The molecule has 1 aromatic heterocycles. The number of hydrogen-bond acceptors (Lipinski definition) is 4. The normalized spacial score (nSPS) is 16.6. The van der Waals surface area contributed by atoms with Crippen LogP contribution in [0, 0.1) is 12.3 Å². The Morgan fingerprint density at radius 3 is 2.94 bits per heavy atom. The molecule has 0 saturated heterocycles. The van der Waals surface area contributed by atoms with E-state index in [0.29, 0.717) is 13.0 Å². The van der Waals surface area contributed by atoms with Crippen LogP contribution in [0.3, 0.4) is 0 Å². The Hall–Kier alpha value is -1.10. The van der Waals surface area contributed by atoms with Gasteiger partial charge in [-0.15, -0.1) is 0 Å². The molecule has 1 aliphatic rings. The molecule has 1 N–H and O–H groups in total. The first-order chi connectivity index (χ1) is 8.13. The summed E-state index contributed by atoms with van der Waals surface area (Å²) in [6.45, 7) is 2.32. The van der Waals surface area contributed by atoms with Gasteiger partial charge in [0.2, 0.25) is 5.91 Å². The van der Waals surface area contributed by atoms with Crippen LogP contribution in [-0.2, 0) is 11.3 Å². The average Bonchev–Trinajstić information content (AvgIpc) is 3.07. The standard InChI is InChI=1S/C12H17N3OS/c1-9-13-5-2-10(15-9)7-14-11(16)6-12(8-17)3-4-12/h2,5,17H,3-4,6-8H2,1H3,(H,14,16). The molecule has 1 fully saturated rings. The van der Waals surface area contributed by atoms with E-state index in [0.717, 1.165) is 30.1 Å². The summed E-state index contributed by atoms with van der Waals surface area (Å²) in [7, 11) is 0. The summed E-state index contributed by atoms with van der Waals surface area (Å²) < 4.78 is 0. The quantitative estimate of drug-likeness (QED) is 0.780. The molecule has 0 aromatic carbocycles. The van der Waals surface area contributed by atoms with Crippen LogP contribution < -0.4 is 5.32 Å². The molecular weight excluding hydrogens is 234 g/mol. The van der Waals surface area contributed by atoms with Crippen molar-refractivity contribution in [2.45, 2.75) is 32.7 Å². The molecule has 1 heterocycles. The smallest absolute Gasteiger partial charge is 0.220 e. The Kier molecular flexibility index (Phi) is 3.66. The van der Waals surface area contributed by atoms with E-state index in [-0.39, 0.29) is 11.3 Å². The van der Waals surface area contributed by atoms with Crippen LogP contribution >= 0.6 is 12.6 Å². The van der Waals surface area contributed by atoms with E-state index in [2.05, 4.69) is 27.9 Å². The fraction of sp³-hybridized carbons (Fsp3) is 0.583. The van der Waals surface area contributed by atoms with Crippen molar-refractivity contribution in [3.05, 3.63) is 23.8 Å². The molecule has 1 amide bonds. The summed E-state index contributed by atoms with van der Waals surface area (Å²) in [5, 5.41) is 2.89. The van der Waals surface area contributed by atoms with Gasteiger partial charge >= 0.3 is 0 Å². The Labute approximate surface area is 107 Å². The summed E-state index contributed by atoms with van der Waals surface area (Å²) in [5.74, 6) is 1.62. The maximum Gasteiger partial charge on any atom is 0.220 e. The lowest BCUT2D eigenvalue weighted by molar-refractivity contribution is -0.122. The topological polar surface area (TPSA) is 54.9 Å². The Balaban J connectivity index is 1.80. The fourth-order valence-electron chi connectivity index (χ4n) is 1.76. The van der Waals surface area contributed by atoms with Crippen LogP contribution in [0.5, 0.6) is 0 Å². The first-order valence-electron chi connectivity index (χ1n) is 5.80. The van der Waals surface area contributed by atoms with Gasteiger partial charge < -0.3 is 5.32 Å². The first-order valence-corrected chi connectivity index (χ1v) is 6.43. The molecule has 2 rings (SSSR count). The summed E-state index contributed by atoms with van der Waals surface area (Å²) >= 11 is 4.29. The van der Waals surface area contributed by atoms with Crippen LogP contribution in [0.25, 0.3) is 0 Å². The predicted molar refractivity (Wildman–Crippen MR) is 68.8 cm³/mol. The highest BCUT2D eigenvalue weighted by atomic mass is 32.1. The lowest BCUT2D eigenvalue weighted by atomic mass is 10.1. The second-order valence-corrected chi connectivity index (χ2v) is 5.02. The van der Waals surface area contributed by atoms with E-state index < -0.39 is 0 Å². The maximum absolute atomic E-state index is 11.7. The molecule has 5 heteroatoms. The van der Waals surface area contributed by atoms with E-state index in [9.17, 15) is 4.79 Å². The van der Waals surface area contributed by atoms with Crippen molar-refractivity contribution in [3.8, 4) is 0 Å².